The SMILES string of the molecule is Cc1ccccc1CCNC(=O)C[NH+]1CCc2sccc2[C@@H]1C1CC1. The van der Waals surface area contributed by atoms with Gasteiger partial charge in [-0.3, -0.25) is 4.79 Å². The molecule has 0 spiro atoms. The Kier molecular flexibility index (Phi) is 4.91. The van der Waals surface area contributed by atoms with Gasteiger partial charge < -0.3 is 10.2 Å². The molecule has 4 rings (SSSR count). The first-order valence-electron chi connectivity index (χ1n) is 9.44. The molecule has 1 aliphatic carbocycles. The van der Waals surface area contributed by atoms with Gasteiger partial charge >= 0.3 is 0 Å². The van der Waals surface area contributed by atoms with E-state index in [1.165, 1.54) is 34.4 Å². The Labute approximate surface area is 154 Å². The van der Waals surface area contributed by atoms with E-state index in [1.807, 2.05) is 11.3 Å². The fraction of sp³-hybridized carbons (Fsp3) is 0.476. The monoisotopic (exact) mass is 355 g/mol. The third-order valence-corrected chi connectivity index (χ3v) is 6.68. The molecular weight excluding hydrogens is 328 g/mol. The predicted octanol–water partition coefficient (Wildman–Crippen LogP) is 2.31. The van der Waals surface area contributed by atoms with Crippen LogP contribution in [0.3, 0.4) is 0 Å². The fourth-order valence-electron chi connectivity index (χ4n) is 4.19. The molecule has 1 aromatic heterocycles. The predicted molar refractivity (Wildman–Crippen MR) is 102 cm³/mol. The first kappa shape index (κ1) is 16.8. The number of amides is 1. The second-order valence-electron chi connectivity index (χ2n) is 7.48. The molecule has 2 heterocycles. The Balaban J connectivity index is 1.32. The molecule has 2 aliphatic rings. The molecule has 0 saturated heterocycles. The summed E-state index contributed by atoms with van der Waals surface area (Å²) in [5.74, 6) is 0.997. The summed E-state index contributed by atoms with van der Waals surface area (Å²) in [4.78, 5) is 15.5. The topological polar surface area (TPSA) is 33.5 Å². The molecular formula is C21H27N2OS+. The Morgan fingerprint density at radius 3 is 2.92 bits per heavy atom. The Hall–Kier alpha value is -1.65. The van der Waals surface area contributed by atoms with Gasteiger partial charge in [0.2, 0.25) is 0 Å². The van der Waals surface area contributed by atoms with Crippen molar-refractivity contribution < 1.29 is 9.69 Å². The van der Waals surface area contributed by atoms with Crippen LogP contribution in [0.15, 0.2) is 35.7 Å². The molecule has 1 aliphatic heterocycles. The molecule has 1 aromatic carbocycles. The highest BCUT2D eigenvalue weighted by molar-refractivity contribution is 7.10. The summed E-state index contributed by atoms with van der Waals surface area (Å²) < 4.78 is 0. The van der Waals surface area contributed by atoms with E-state index in [9.17, 15) is 4.79 Å². The third-order valence-electron chi connectivity index (χ3n) is 5.69. The number of carbonyl (C=O) groups is 1. The minimum Gasteiger partial charge on any atom is -0.351 e. The van der Waals surface area contributed by atoms with Gasteiger partial charge in [-0.05, 0) is 48.8 Å². The van der Waals surface area contributed by atoms with Crippen molar-refractivity contribution in [3.63, 3.8) is 0 Å². The van der Waals surface area contributed by atoms with E-state index in [0.717, 1.165) is 31.8 Å². The van der Waals surface area contributed by atoms with Crippen molar-refractivity contribution in [3.8, 4) is 0 Å². The summed E-state index contributed by atoms with van der Waals surface area (Å²) in [6.45, 7) is 4.58. The lowest BCUT2D eigenvalue weighted by Gasteiger charge is -2.32. The van der Waals surface area contributed by atoms with E-state index in [-0.39, 0.29) is 5.91 Å². The van der Waals surface area contributed by atoms with Gasteiger partial charge in [0.1, 0.15) is 6.04 Å². The maximum absolute atomic E-state index is 12.5. The van der Waals surface area contributed by atoms with Crippen LogP contribution in [-0.2, 0) is 17.6 Å². The van der Waals surface area contributed by atoms with Gasteiger partial charge in [0.15, 0.2) is 6.54 Å². The molecule has 1 unspecified atom stereocenters. The molecule has 1 amide bonds. The number of rotatable bonds is 6. The maximum atomic E-state index is 12.5. The van der Waals surface area contributed by atoms with Crippen LogP contribution in [0.1, 0.15) is 40.5 Å². The fourth-order valence-corrected chi connectivity index (χ4v) is 5.12. The van der Waals surface area contributed by atoms with Crippen molar-refractivity contribution in [2.75, 3.05) is 19.6 Å². The zero-order chi connectivity index (χ0) is 17.2. The van der Waals surface area contributed by atoms with Crippen molar-refractivity contribution >= 4 is 17.2 Å². The molecule has 4 heteroatoms. The summed E-state index contributed by atoms with van der Waals surface area (Å²) in [5, 5.41) is 5.37. The van der Waals surface area contributed by atoms with Crippen molar-refractivity contribution in [2.45, 2.75) is 38.6 Å². The summed E-state index contributed by atoms with van der Waals surface area (Å²) in [5.41, 5.74) is 4.16. The molecule has 1 fully saturated rings. The molecule has 0 bridgehead atoms. The van der Waals surface area contributed by atoms with Crippen LogP contribution in [0, 0.1) is 12.8 Å². The average Bonchev–Trinajstić information content (AvgIpc) is 3.32. The van der Waals surface area contributed by atoms with Crippen LogP contribution in [0.4, 0.5) is 0 Å². The number of quaternary nitrogens is 1. The minimum atomic E-state index is 0.202. The molecule has 1 saturated carbocycles. The lowest BCUT2D eigenvalue weighted by atomic mass is 9.96. The van der Waals surface area contributed by atoms with Crippen LogP contribution in [-0.4, -0.2) is 25.5 Å². The first-order valence-corrected chi connectivity index (χ1v) is 10.3. The van der Waals surface area contributed by atoms with E-state index in [2.05, 4.69) is 48.0 Å². The van der Waals surface area contributed by atoms with E-state index in [4.69, 9.17) is 0 Å². The second-order valence-corrected chi connectivity index (χ2v) is 8.48. The quantitative estimate of drug-likeness (QED) is 0.819. The van der Waals surface area contributed by atoms with Gasteiger partial charge in [-0.1, -0.05) is 24.3 Å². The van der Waals surface area contributed by atoms with Crippen LogP contribution >= 0.6 is 11.3 Å². The highest BCUT2D eigenvalue weighted by atomic mass is 32.1. The number of thiophene rings is 1. The Morgan fingerprint density at radius 2 is 2.12 bits per heavy atom. The highest BCUT2D eigenvalue weighted by Gasteiger charge is 2.43. The van der Waals surface area contributed by atoms with Gasteiger partial charge in [0.25, 0.3) is 5.91 Å². The number of aryl methyl sites for hydroxylation is 1. The standard InChI is InChI=1S/C21H26N2OS/c1-15-4-2-3-5-16(15)8-11-22-20(24)14-23-12-9-19-18(10-13-25-19)21(23)17-6-7-17/h2-5,10,13,17,21H,6-9,11-12,14H2,1H3,(H,22,24)/p+1/t21-/m0/s1. The van der Waals surface area contributed by atoms with E-state index in [1.54, 1.807) is 4.88 Å². The highest BCUT2D eigenvalue weighted by Crippen LogP contribution is 2.42. The smallest absolute Gasteiger partial charge is 0.275 e. The third kappa shape index (κ3) is 3.80. The Morgan fingerprint density at radius 1 is 1.28 bits per heavy atom. The van der Waals surface area contributed by atoms with Crippen molar-refractivity contribution in [2.24, 2.45) is 5.92 Å². The zero-order valence-electron chi connectivity index (χ0n) is 14.9. The number of carbonyl (C=O) groups excluding carboxylic acids is 1. The largest absolute Gasteiger partial charge is 0.351 e. The number of hydrogen-bond donors (Lipinski definition) is 2. The summed E-state index contributed by atoms with van der Waals surface area (Å²) >= 11 is 1.89. The number of benzene rings is 1. The van der Waals surface area contributed by atoms with Crippen LogP contribution in [0.25, 0.3) is 0 Å². The minimum absolute atomic E-state index is 0.202. The molecule has 25 heavy (non-hydrogen) atoms. The summed E-state index contributed by atoms with van der Waals surface area (Å²) in [6, 6.07) is 11.3. The number of fused-ring (bicyclic) bond motifs is 1. The molecule has 132 valence electrons. The Bertz CT molecular complexity index is 750. The van der Waals surface area contributed by atoms with E-state index < -0.39 is 0 Å². The van der Waals surface area contributed by atoms with Gasteiger partial charge in [-0.25, -0.2) is 0 Å². The lowest BCUT2D eigenvalue weighted by Crippen LogP contribution is -3.14. The van der Waals surface area contributed by atoms with Crippen LogP contribution in [0.2, 0.25) is 0 Å². The molecule has 2 atom stereocenters. The van der Waals surface area contributed by atoms with E-state index in [0.29, 0.717) is 12.6 Å². The second kappa shape index (κ2) is 7.30. The first-order chi connectivity index (χ1) is 12.2. The van der Waals surface area contributed by atoms with E-state index >= 15 is 0 Å². The van der Waals surface area contributed by atoms with Crippen molar-refractivity contribution in [1.29, 1.82) is 0 Å². The van der Waals surface area contributed by atoms with Gasteiger partial charge in [0, 0.05) is 29.3 Å². The van der Waals surface area contributed by atoms with Crippen molar-refractivity contribution in [3.05, 3.63) is 57.3 Å². The van der Waals surface area contributed by atoms with Gasteiger partial charge in [0.05, 0.1) is 6.54 Å². The van der Waals surface area contributed by atoms with Crippen LogP contribution < -0.4 is 10.2 Å². The maximum Gasteiger partial charge on any atom is 0.275 e. The summed E-state index contributed by atoms with van der Waals surface area (Å²) in [7, 11) is 0. The normalized spacial score (nSPS) is 22.4. The van der Waals surface area contributed by atoms with Crippen LogP contribution in [0.5, 0.6) is 0 Å². The van der Waals surface area contributed by atoms with Gasteiger partial charge in [-0.15, -0.1) is 11.3 Å². The zero-order valence-corrected chi connectivity index (χ0v) is 15.7. The number of nitrogens with one attached hydrogen (secondary N) is 2. The summed E-state index contributed by atoms with van der Waals surface area (Å²) in [6.07, 6.45) is 4.70. The number of hydrogen-bond acceptors (Lipinski definition) is 2. The van der Waals surface area contributed by atoms with Crippen molar-refractivity contribution in [1.82, 2.24) is 5.32 Å². The molecule has 0 radical (unpaired) electrons. The molecule has 2 N–H and O–H groups in total. The molecule has 2 aromatic rings. The average molecular weight is 356 g/mol. The van der Waals surface area contributed by atoms with Gasteiger partial charge in [-0.2, -0.15) is 0 Å². The lowest BCUT2D eigenvalue weighted by molar-refractivity contribution is -0.928. The molecule has 3 nitrogen and oxygen atoms in total.